The van der Waals surface area contributed by atoms with Crippen LogP contribution in [0.5, 0.6) is 0 Å². The van der Waals surface area contributed by atoms with Crippen molar-refractivity contribution in [1.29, 1.82) is 0 Å². The zero-order valence-corrected chi connectivity index (χ0v) is 11.2. The van der Waals surface area contributed by atoms with Gasteiger partial charge in [0.2, 0.25) is 0 Å². The quantitative estimate of drug-likeness (QED) is 0.830. The molecule has 0 radical (unpaired) electrons. The predicted octanol–water partition coefficient (Wildman–Crippen LogP) is 3.65. The van der Waals surface area contributed by atoms with Crippen molar-refractivity contribution in [1.82, 2.24) is 9.97 Å². The Kier molecular flexibility index (Phi) is 3.48. The smallest absolute Gasteiger partial charge is 0.172 e. The Morgan fingerprint density at radius 1 is 1.06 bits per heavy atom. The third-order valence-electron chi connectivity index (χ3n) is 2.78. The van der Waals surface area contributed by atoms with Crippen molar-refractivity contribution in [3.8, 4) is 0 Å². The number of nitrogens with zero attached hydrogens (tertiary/aromatic N) is 3. The topological polar surface area (TPSA) is 29.0 Å². The minimum atomic E-state index is -0.274. The van der Waals surface area contributed by atoms with Crippen molar-refractivity contribution in [2.45, 2.75) is 13.8 Å². The van der Waals surface area contributed by atoms with Gasteiger partial charge in [-0.25, -0.2) is 14.4 Å². The van der Waals surface area contributed by atoms with Gasteiger partial charge in [-0.05, 0) is 38.1 Å². The van der Waals surface area contributed by atoms with Crippen LogP contribution in [0.4, 0.5) is 15.9 Å². The number of halogens is 2. The van der Waals surface area contributed by atoms with Gasteiger partial charge in [-0.2, -0.15) is 0 Å². The molecule has 2 aromatic rings. The van der Waals surface area contributed by atoms with E-state index in [1.54, 1.807) is 17.0 Å². The maximum Gasteiger partial charge on any atom is 0.172 e. The van der Waals surface area contributed by atoms with E-state index >= 15 is 0 Å². The lowest BCUT2D eigenvalue weighted by atomic mass is 10.3. The Balaban J connectivity index is 2.42. The van der Waals surface area contributed by atoms with Gasteiger partial charge in [-0.15, -0.1) is 0 Å². The van der Waals surface area contributed by atoms with Crippen molar-refractivity contribution in [2.24, 2.45) is 0 Å². The van der Waals surface area contributed by atoms with E-state index in [9.17, 15) is 4.39 Å². The lowest BCUT2D eigenvalue weighted by Gasteiger charge is -2.19. The fourth-order valence-electron chi connectivity index (χ4n) is 1.56. The minimum absolute atomic E-state index is 0.274. The molecule has 0 atom stereocenters. The second-order valence-electron chi connectivity index (χ2n) is 4.04. The summed E-state index contributed by atoms with van der Waals surface area (Å²) in [5, 5.41) is 0.338. The van der Waals surface area contributed by atoms with Gasteiger partial charge < -0.3 is 4.90 Å². The van der Waals surface area contributed by atoms with E-state index in [4.69, 9.17) is 11.6 Å². The van der Waals surface area contributed by atoms with Crippen LogP contribution in [0.25, 0.3) is 0 Å². The molecule has 0 saturated carbocycles. The van der Waals surface area contributed by atoms with Crippen LogP contribution in [-0.2, 0) is 0 Å². The van der Waals surface area contributed by atoms with Gasteiger partial charge in [-0.3, -0.25) is 0 Å². The van der Waals surface area contributed by atoms with Crippen LogP contribution in [0.1, 0.15) is 11.4 Å². The van der Waals surface area contributed by atoms with E-state index in [1.165, 1.54) is 12.1 Å². The van der Waals surface area contributed by atoms with Crippen molar-refractivity contribution in [3.63, 3.8) is 0 Å². The molecule has 3 nitrogen and oxygen atoms in total. The van der Waals surface area contributed by atoms with Gasteiger partial charge in [0.1, 0.15) is 5.82 Å². The molecule has 5 heteroatoms. The van der Waals surface area contributed by atoms with Crippen molar-refractivity contribution < 1.29 is 4.39 Å². The highest BCUT2D eigenvalue weighted by molar-refractivity contribution is 6.31. The molecule has 0 bridgehead atoms. The number of hydrogen-bond acceptors (Lipinski definition) is 3. The lowest BCUT2D eigenvalue weighted by Crippen LogP contribution is -2.13. The molecule has 2 rings (SSSR count). The molecule has 1 aromatic carbocycles. The normalized spacial score (nSPS) is 10.5. The zero-order chi connectivity index (χ0) is 13.3. The van der Waals surface area contributed by atoms with Gasteiger partial charge >= 0.3 is 0 Å². The second kappa shape index (κ2) is 4.90. The van der Waals surface area contributed by atoms with E-state index in [0.717, 1.165) is 17.1 Å². The van der Waals surface area contributed by atoms with E-state index in [0.29, 0.717) is 11.0 Å². The maximum atomic E-state index is 12.9. The average Bonchev–Trinajstić information content (AvgIpc) is 2.34. The fraction of sp³-hybridized carbons (Fsp3) is 0.231. The molecular formula is C13H13ClFN3. The van der Waals surface area contributed by atoms with E-state index < -0.39 is 0 Å². The van der Waals surface area contributed by atoms with Crippen LogP contribution in [-0.4, -0.2) is 17.0 Å². The minimum Gasteiger partial charge on any atom is -0.327 e. The zero-order valence-electron chi connectivity index (χ0n) is 10.4. The highest BCUT2D eigenvalue weighted by atomic mass is 35.5. The van der Waals surface area contributed by atoms with Crippen molar-refractivity contribution in [2.75, 3.05) is 11.9 Å². The largest absolute Gasteiger partial charge is 0.327 e. The number of benzene rings is 1. The molecule has 0 aliphatic carbocycles. The number of aryl methyl sites for hydroxylation is 2. The van der Waals surface area contributed by atoms with Crippen LogP contribution in [0.3, 0.4) is 0 Å². The summed E-state index contributed by atoms with van der Waals surface area (Å²) >= 11 is 6.09. The third-order valence-corrected chi connectivity index (χ3v) is 3.03. The standard InChI is InChI=1S/C13H13ClFN3/c1-8-9(2)17-13(12(14)16-8)18(3)11-6-4-10(15)5-7-11/h4-7H,1-3H3. The van der Waals surface area contributed by atoms with Gasteiger partial charge in [0, 0.05) is 12.7 Å². The molecule has 18 heavy (non-hydrogen) atoms. The number of hydrogen-bond donors (Lipinski definition) is 0. The van der Waals surface area contributed by atoms with Crippen molar-refractivity contribution >= 4 is 23.1 Å². The summed E-state index contributed by atoms with van der Waals surface area (Å²) in [6, 6.07) is 6.13. The molecule has 0 aliphatic heterocycles. The summed E-state index contributed by atoms with van der Waals surface area (Å²) in [7, 11) is 1.82. The van der Waals surface area contributed by atoms with Crippen LogP contribution in [0.2, 0.25) is 5.15 Å². The van der Waals surface area contributed by atoms with E-state index in [1.807, 2.05) is 20.9 Å². The van der Waals surface area contributed by atoms with Crippen LogP contribution < -0.4 is 4.90 Å². The summed E-state index contributed by atoms with van der Waals surface area (Å²) in [6.07, 6.45) is 0. The molecule has 0 amide bonds. The Hall–Kier alpha value is -1.68. The molecule has 0 spiro atoms. The third kappa shape index (κ3) is 2.43. The summed E-state index contributed by atoms with van der Waals surface area (Å²) in [6.45, 7) is 3.73. The lowest BCUT2D eigenvalue weighted by molar-refractivity contribution is 0.628. The van der Waals surface area contributed by atoms with Gasteiger partial charge in [0.25, 0.3) is 0 Å². The predicted molar refractivity (Wildman–Crippen MR) is 71.0 cm³/mol. The molecule has 0 N–H and O–H groups in total. The summed E-state index contributed by atoms with van der Waals surface area (Å²) < 4.78 is 12.9. The van der Waals surface area contributed by atoms with E-state index in [-0.39, 0.29) is 5.82 Å². The summed E-state index contributed by atoms with van der Waals surface area (Å²) in [5.41, 5.74) is 2.43. The maximum absolute atomic E-state index is 12.9. The number of anilines is 2. The molecule has 0 unspecified atom stereocenters. The first-order valence-corrected chi connectivity index (χ1v) is 5.87. The summed E-state index contributed by atoms with van der Waals surface area (Å²) in [5.74, 6) is 0.288. The van der Waals surface area contributed by atoms with Gasteiger partial charge in [0.15, 0.2) is 11.0 Å². The Morgan fingerprint density at radius 3 is 2.22 bits per heavy atom. The molecule has 0 aliphatic rings. The number of aromatic nitrogens is 2. The fourth-order valence-corrected chi connectivity index (χ4v) is 1.86. The van der Waals surface area contributed by atoms with Gasteiger partial charge in [-0.1, -0.05) is 11.6 Å². The first-order valence-electron chi connectivity index (χ1n) is 5.49. The second-order valence-corrected chi connectivity index (χ2v) is 4.40. The first-order chi connectivity index (χ1) is 8.49. The first kappa shape index (κ1) is 12.8. The van der Waals surface area contributed by atoms with Crippen LogP contribution >= 0.6 is 11.6 Å². The summed E-state index contributed by atoms with van der Waals surface area (Å²) in [4.78, 5) is 10.4. The van der Waals surface area contributed by atoms with Crippen LogP contribution in [0, 0.1) is 19.7 Å². The molecule has 0 fully saturated rings. The average molecular weight is 266 g/mol. The highest BCUT2D eigenvalue weighted by Gasteiger charge is 2.13. The molecule has 1 heterocycles. The van der Waals surface area contributed by atoms with Crippen LogP contribution in [0.15, 0.2) is 24.3 Å². The number of rotatable bonds is 2. The highest BCUT2D eigenvalue weighted by Crippen LogP contribution is 2.28. The Bertz CT molecular complexity index is 569. The SMILES string of the molecule is Cc1nc(Cl)c(N(C)c2ccc(F)cc2)nc1C. The van der Waals surface area contributed by atoms with Gasteiger partial charge in [0.05, 0.1) is 11.4 Å². The Morgan fingerprint density at radius 2 is 1.61 bits per heavy atom. The van der Waals surface area contributed by atoms with E-state index in [2.05, 4.69) is 9.97 Å². The monoisotopic (exact) mass is 265 g/mol. The Labute approximate surface area is 110 Å². The van der Waals surface area contributed by atoms with Crippen molar-refractivity contribution in [3.05, 3.63) is 46.6 Å². The molecular weight excluding hydrogens is 253 g/mol. The molecule has 1 aromatic heterocycles. The molecule has 94 valence electrons. The molecule has 0 saturated heterocycles.